The first-order chi connectivity index (χ1) is 13.9. The number of halogens is 2. The first kappa shape index (κ1) is 23.0. The van der Waals surface area contributed by atoms with E-state index in [1.165, 1.54) is 0 Å². The van der Waals surface area contributed by atoms with E-state index in [2.05, 4.69) is 20.8 Å². The van der Waals surface area contributed by atoms with Gasteiger partial charge in [-0.25, -0.2) is 8.78 Å². The lowest BCUT2D eigenvalue weighted by Gasteiger charge is -2.43. The summed E-state index contributed by atoms with van der Waals surface area (Å²) in [7, 11) is -7.42. The summed E-state index contributed by atoms with van der Waals surface area (Å²) in [5.74, 6) is -4.82. The van der Waals surface area contributed by atoms with Gasteiger partial charge >= 0.3 is 7.60 Å². The molecular weight excluding hydrogens is 425 g/mol. The lowest BCUT2D eigenvalue weighted by atomic mass is 10.2. The van der Waals surface area contributed by atoms with E-state index >= 15 is 0 Å². The molecule has 0 bridgehead atoms. The zero-order valence-corrected chi connectivity index (χ0v) is 19.1. The number of benzene rings is 2. The largest absolute Gasteiger partial charge is 0.407 e. The zero-order chi connectivity index (χ0) is 22.2. The van der Waals surface area contributed by atoms with Crippen LogP contribution in [0.2, 0.25) is 5.04 Å². The fourth-order valence-corrected chi connectivity index (χ4v) is 9.07. The predicted octanol–water partition coefficient (Wildman–Crippen LogP) is 4.14. The van der Waals surface area contributed by atoms with Crippen molar-refractivity contribution >= 4 is 26.3 Å². The van der Waals surface area contributed by atoms with Crippen molar-refractivity contribution in [3.63, 3.8) is 0 Å². The molecule has 4 nitrogen and oxygen atoms in total. The van der Waals surface area contributed by atoms with Gasteiger partial charge < -0.3 is 14.2 Å². The standard InChI is InChI=1S/C22H27F2O4PSi/c1-21(2,3)30(17-10-6-4-7-11-17,18-12-8-5-9-13-18)28-16-20-19(22(20,23)24)14-15-29(25,26)27/h4-15,19-20H,16H2,1-3H3,(H2,25,26,27)/b15-14+. The Morgan fingerprint density at radius 2 is 1.50 bits per heavy atom. The lowest BCUT2D eigenvalue weighted by Crippen LogP contribution is -2.66. The van der Waals surface area contributed by atoms with Crippen LogP contribution < -0.4 is 10.4 Å². The molecule has 0 heterocycles. The van der Waals surface area contributed by atoms with Gasteiger partial charge in [0.05, 0.1) is 11.8 Å². The summed E-state index contributed by atoms with van der Waals surface area (Å²) in [6, 6.07) is 19.5. The molecule has 30 heavy (non-hydrogen) atoms. The van der Waals surface area contributed by atoms with Crippen LogP contribution in [0.3, 0.4) is 0 Å². The Balaban J connectivity index is 1.97. The maximum Gasteiger partial charge on any atom is 0.348 e. The van der Waals surface area contributed by atoms with Crippen LogP contribution >= 0.6 is 7.60 Å². The number of alkyl halides is 2. The maximum absolute atomic E-state index is 14.3. The maximum atomic E-state index is 14.3. The second-order valence-electron chi connectivity index (χ2n) is 8.71. The Morgan fingerprint density at radius 1 is 1.03 bits per heavy atom. The van der Waals surface area contributed by atoms with Crippen LogP contribution in [0.25, 0.3) is 0 Å². The van der Waals surface area contributed by atoms with Gasteiger partial charge in [0.2, 0.25) is 0 Å². The molecule has 0 amide bonds. The van der Waals surface area contributed by atoms with Gasteiger partial charge in [-0.05, 0) is 15.4 Å². The molecule has 0 saturated heterocycles. The van der Waals surface area contributed by atoms with Gasteiger partial charge in [-0.1, -0.05) is 87.5 Å². The predicted molar refractivity (Wildman–Crippen MR) is 117 cm³/mol. The topological polar surface area (TPSA) is 66.8 Å². The van der Waals surface area contributed by atoms with Crippen LogP contribution in [-0.4, -0.2) is 30.6 Å². The average Bonchev–Trinajstić information content (AvgIpc) is 3.20. The van der Waals surface area contributed by atoms with Crippen LogP contribution in [0, 0.1) is 11.8 Å². The monoisotopic (exact) mass is 452 g/mol. The van der Waals surface area contributed by atoms with Crippen LogP contribution in [0.4, 0.5) is 8.78 Å². The Morgan fingerprint density at radius 3 is 1.90 bits per heavy atom. The average molecular weight is 453 g/mol. The Kier molecular flexibility index (Phi) is 6.25. The van der Waals surface area contributed by atoms with Gasteiger partial charge in [0.1, 0.15) is 0 Å². The number of hydrogen-bond acceptors (Lipinski definition) is 2. The molecule has 0 spiro atoms. The van der Waals surface area contributed by atoms with Crippen molar-refractivity contribution in [2.24, 2.45) is 11.8 Å². The number of hydrogen-bond donors (Lipinski definition) is 2. The van der Waals surface area contributed by atoms with Gasteiger partial charge in [-0.3, -0.25) is 4.57 Å². The van der Waals surface area contributed by atoms with Crippen molar-refractivity contribution in [3.05, 3.63) is 72.6 Å². The highest BCUT2D eigenvalue weighted by atomic mass is 31.2. The van der Waals surface area contributed by atoms with Gasteiger partial charge in [-0.15, -0.1) is 0 Å². The molecule has 1 aliphatic carbocycles. The molecule has 3 rings (SSSR count). The molecule has 1 aliphatic rings. The van der Waals surface area contributed by atoms with Crippen LogP contribution in [0.1, 0.15) is 20.8 Å². The van der Waals surface area contributed by atoms with Crippen molar-refractivity contribution in [1.82, 2.24) is 0 Å². The first-order valence-corrected chi connectivity index (χ1v) is 13.4. The number of rotatable bonds is 7. The zero-order valence-electron chi connectivity index (χ0n) is 17.2. The summed E-state index contributed by atoms with van der Waals surface area (Å²) in [6.45, 7) is 6.01. The van der Waals surface area contributed by atoms with E-state index in [-0.39, 0.29) is 11.6 Å². The van der Waals surface area contributed by atoms with Crippen LogP contribution in [0.15, 0.2) is 72.6 Å². The van der Waals surface area contributed by atoms with Gasteiger partial charge in [0.25, 0.3) is 14.2 Å². The molecule has 8 heteroatoms. The van der Waals surface area contributed by atoms with E-state index in [9.17, 15) is 13.3 Å². The molecule has 2 N–H and O–H groups in total. The third-order valence-electron chi connectivity index (χ3n) is 5.65. The fraction of sp³-hybridized carbons (Fsp3) is 0.364. The molecule has 1 saturated carbocycles. The summed E-state index contributed by atoms with van der Waals surface area (Å²) in [4.78, 5) is 17.9. The Bertz CT molecular complexity index is 899. The summed E-state index contributed by atoms with van der Waals surface area (Å²) >= 11 is 0. The molecule has 0 aliphatic heterocycles. The SMILES string of the molecule is CC(C)(C)[Si](OCC1C(/C=C/P(=O)(O)O)C1(F)F)(c1ccccc1)c1ccccc1. The normalized spacial score (nSPS) is 21.7. The summed E-state index contributed by atoms with van der Waals surface area (Å²) in [6.07, 6.45) is 0.931. The van der Waals surface area contributed by atoms with Crippen molar-refractivity contribution in [3.8, 4) is 0 Å². The quantitative estimate of drug-likeness (QED) is 0.490. The highest BCUT2D eigenvalue weighted by Crippen LogP contribution is 2.57. The van der Waals surface area contributed by atoms with Gasteiger partial charge in [-0.2, -0.15) is 0 Å². The smallest absolute Gasteiger partial charge is 0.348 e. The molecule has 2 atom stereocenters. The van der Waals surface area contributed by atoms with Crippen molar-refractivity contribution < 1.29 is 27.6 Å². The molecule has 2 unspecified atom stereocenters. The van der Waals surface area contributed by atoms with E-state index < -0.39 is 33.7 Å². The Hall–Kier alpha value is -1.63. The van der Waals surface area contributed by atoms with E-state index in [0.29, 0.717) is 5.82 Å². The second-order valence-corrected chi connectivity index (χ2v) is 14.5. The Labute approximate surface area is 176 Å². The molecule has 0 radical (unpaired) electrons. The fourth-order valence-electron chi connectivity index (χ4n) is 4.07. The molecule has 162 valence electrons. The highest BCUT2D eigenvalue weighted by molar-refractivity contribution is 7.55. The molecular formula is C22H27F2O4PSi. The minimum absolute atomic E-state index is 0.184. The van der Waals surface area contributed by atoms with Crippen molar-refractivity contribution in [1.29, 1.82) is 0 Å². The molecule has 2 aromatic rings. The van der Waals surface area contributed by atoms with Crippen molar-refractivity contribution in [2.75, 3.05) is 6.61 Å². The lowest BCUT2D eigenvalue weighted by molar-refractivity contribution is 0.0780. The summed E-state index contributed by atoms with van der Waals surface area (Å²) in [5.41, 5.74) is 0. The molecule has 0 aromatic heterocycles. The van der Waals surface area contributed by atoms with Crippen LogP contribution in [0.5, 0.6) is 0 Å². The molecule has 1 fully saturated rings. The number of allylic oxidation sites excluding steroid dienone is 1. The third kappa shape index (κ3) is 4.51. The van der Waals surface area contributed by atoms with E-state index in [4.69, 9.17) is 14.2 Å². The minimum Gasteiger partial charge on any atom is -0.407 e. The van der Waals surface area contributed by atoms with Gasteiger partial charge in [0.15, 0.2) is 0 Å². The third-order valence-corrected chi connectivity index (χ3v) is 11.2. The van der Waals surface area contributed by atoms with Crippen LogP contribution in [-0.2, 0) is 8.99 Å². The summed E-state index contributed by atoms with van der Waals surface area (Å²) in [5, 5.41) is 1.65. The van der Waals surface area contributed by atoms with E-state index in [1.54, 1.807) is 0 Å². The van der Waals surface area contributed by atoms with E-state index in [1.807, 2.05) is 60.7 Å². The second kappa shape index (κ2) is 8.13. The highest BCUT2D eigenvalue weighted by Gasteiger charge is 2.67. The minimum atomic E-state index is -4.48. The van der Waals surface area contributed by atoms with E-state index in [0.717, 1.165) is 16.4 Å². The first-order valence-electron chi connectivity index (χ1n) is 9.77. The van der Waals surface area contributed by atoms with Gasteiger partial charge in [0, 0.05) is 12.4 Å². The molecule has 2 aromatic carbocycles. The van der Waals surface area contributed by atoms with Crippen molar-refractivity contribution in [2.45, 2.75) is 31.7 Å². The summed E-state index contributed by atoms with van der Waals surface area (Å²) < 4.78 is 46.2.